The Morgan fingerprint density at radius 1 is 0.857 bits per heavy atom. The summed E-state index contributed by atoms with van der Waals surface area (Å²) < 4.78 is 1.46. The lowest BCUT2D eigenvalue weighted by Crippen LogP contribution is -2.62. The summed E-state index contributed by atoms with van der Waals surface area (Å²) in [5.74, 6) is 1.90. The van der Waals surface area contributed by atoms with E-state index in [0.717, 1.165) is 17.9 Å². The van der Waals surface area contributed by atoms with Crippen molar-refractivity contribution >= 4 is 0 Å². The highest BCUT2D eigenvalue weighted by Crippen LogP contribution is 2.35. The summed E-state index contributed by atoms with van der Waals surface area (Å²) in [5, 5.41) is 0. The van der Waals surface area contributed by atoms with Crippen LogP contribution in [0, 0.1) is 11.8 Å². The maximum absolute atomic E-state index is 2.49. The van der Waals surface area contributed by atoms with Gasteiger partial charge in [0, 0.05) is 12.3 Å². The van der Waals surface area contributed by atoms with Crippen LogP contribution in [0.25, 0.3) is 0 Å². The van der Waals surface area contributed by atoms with Gasteiger partial charge in [-0.25, -0.2) is 0 Å². The molecule has 0 N–H and O–H groups in total. The molecule has 14 heavy (non-hydrogen) atoms. The number of rotatable bonds is 0. The van der Waals surface area contributed by atoms with Crippen molar-refractivity contribution in [2.45, 2.75) is 52.5 Å². The molecule has 0 aliphatic carbocycles. The Labute approximate surface area is 89.1 Å². The van der Waals surface area contributed by atoms with Crippen LogP contribution in [0.4, 0.5) is 0 Å². The highest BCUT2D eigenvalue weighted by atomic mass is 15.4. The molecule has 0 radical (unpaired) electrons. The van der Waals surface area contributed by atoms with Gasteiger partial charge >= 0.3 is 0 Å². The Bertz CT molecular complexity index is 193. The third-order valence-corrected chi connectivity index (χ3v) is 4.98. The van der Waals surface area contributed by atoms with Gasteiger partial charge in [-0.1, -0.05) is 13.8 Å². The predicted octanol–water partition coefficient (Wildman–Crippen LogP) is 3.05. The number of nitrogens with zero attached hydrogens (tertiary/aromatic N) is 1. The van der Waals surface area contributed by atoms with Crippen molar-refractivity contribution in [3.8, 4) is 0 Å². The van der Waals surface area contributed by atoms with E-state index in [9.17, 15) is 0 Å². The summed E-state index contributed by atoms with van der Waals surface area (Å²) in [5.41, 5.74) is 0. The van der Waals surface area contributed by atoms with Crippen molar-refractivity contribution in [3.05, 3.63) is 0 Å². The SMILES string of the molecule is CC1CC(C)[N+]2(CCCCC2)CC1C. The molecule has 0 saturated carbocycles. The van der Waals surface area contributed by atoms with Crippen molar-refractivity contribution in [2.75, 3.05) is 19.6 Å². The normalized spacial score (nSPS) is 42.6. The standard InChI is InChI=1S/C13H26N/c1-11-9-13(3)14(10-12(11)2)7-5-4-6-8-14/h11-13H,4-10H2,1-3H3/q+1. The highest BCUT2D eigenvalue weighted by molar-refractivity contribution is 4.74. The smallest absolute Gasteiger partial charge is 0.0864 e. The predicted molar refractivity (Wildman–Crippen MR) is 61.1 cm³/mol. The third-order valence-electron chi connectivity index (χ3n) is 4.98. The largest absolute Gasteiger partial charge is 0.321 e. The van der Waals surface area contributed by atoms with Gasteiger partial charge in [-0.05, 0) is 32.1 Å². The van der Waals surface area contributed by atoms with Crippen molar-refractivity contribution in [2.24, 2.45) is 11.8 Å². The lowest BCUT2D eigenvalue weighted by atomic mass is 9.81. The number of hydrogen-bond donors (Lipinski definition) is 0. The molecule has 3 atom stereocenters. The van der Waals surface area contributed by atoms with E-state index >= 15 is 0 Å². The summed E-state index contributed by atoms with van der Waals surface area (Å²) in [6.07, 6.45) is 5.90. The monoisotopic (exact) mass is 196 g/mol. The second kappa shape index (κ2) is 3.84. The van der Waals surface area contributed by atoms with Gasteiger partial charge in [-0.3, -0.25) is 0 Å². The second-order valence-corrected chi connectivity index (χ2v) is 5.95. The van der Waals surface area contributed by atoms with Gasteiger partial charge in [0.05, 0.1) is 25.7 Å². The summed E-state index contributed by atoms with van der Waals surface area (Å²) >= 11 is 0. The van der Waals surface area contributed by atoms with Crippen molar-refractivity contribution < 1.29 is 4.48 Å². The minimum absolute atomic E-state index is 0.932. The van der Waals surface area contributed by atoms with Crippen LogP contribution >= 0.6 is 0 Å². The number of piperidine rings is 2. The molecule has 0 amide bonds. The summed E-state index contributed by atoms with van der Waals surface area (Å²) in [6, 6.07) is 0.932. The zero-order valence-corrected chi connectivity index (χ0v) is 10.1. The Morgan fingerprint density at radius 3 is 2.14 bits per heavy atom. The first-order valence-corrected chi connectivity index (χ1v) is 6.50. The van der Waals surface area contributed by atoms with Crippen molar-refractivity contribution in [1.29, 1.82) is 0 Å². The van der Waals surface area contributed by atoms with Crippen LogP contribution in [-0.4, -0.2) is 30.2 Å². The minimum Gasteiger partial charge on any atom is -0.321 e. The molecule has 2 aliphatic rings. The van der Waals surface area contributed by atoms with Crippen LogP contribution in [0.15, 0.2) is 0 Å². The lowest BCUT2D eigenvalue weighted by molar-refractivity contribution is -0.962. The van der Waals surface area contributed by atoms with Crippen LogP contribution in [0.1, 0.15) is 46.5 Å². The fourth-order valence-corrected chi connectivity index (χ4v) is 3.69. The first kappa shape index (κ1) is 10.5. The maximum atomic E-state index is 2.49. The Balaban J connectivity index is 2.09. The molecule has 1 heteroatoms. The minimum atomic E-state index is 0.932. The average Bonchev–Trinajstić information content (AvgIpc) is 2.17. The molecule has 0 bridgehead atoms. The topological polar surface area (TPSA) is 0 Å². The van der Waals surface area contributed by atoms with E-state index in [0.29, 0.717) is 0 Å². The quantitative estimate of drug-likeness (QED) is 0.522. The van der Waals surface area contributed by atoms with Crippen LogP contribution in [0.5, 0.6) is 0 Å². The highest BCUT2D eigenvalue weighted by Gasteiger charge is 2.42. The van der Waals surface area contributed by atoms with E-state index in [1.54, 1.807) is 0 Å². The summed E-state index contributed by atoms with van der Waals surface area (Å²) in [4.78, 5) is 0. The van der Waals surface area contributed by atoms with E-state index < -0.39 is 0 Å². The Hall–Kier alpha value is -0.0400. The summed E-state index contributed by atoms with van der Waals surface area (Å²) in [6.45, 7) is 11.8. The fourth-order valence-electron chi connectivity index (χ4n) is 3.69. The van der Waals surface area contributed by atoms with Gasteiger partial charge < -0.3 is 4.48 Å². The van der Waals surface area contributed by atoms with Gasteiger partial charge in [0.15, 0.2) is 0 Å². The summed E-state index contributed by atoms with van der Waals surface area (Å²) in [7, 11) is 0. The van der Waals surface area contributed by atoms with Gasteiger partial charge in [0.1, 0.15) is 0 Å². The Kier molecular flexibility index (Phi) is 2.88. The molecule has 2 saturated heterocycles. The van der Waals surface area contributed by atoms with Crippen molar-refractivity contribution in [1.82, 2.24) is 0 Å². The molecule has 0 aromatic heterocycles. The van der Waals surface area contributed by atoms with Gasteiger partial charge in [-0.15, -0.1) is 0 Å². The van der Waals surface area contributed by atoms with Crippen LogP contribution in [0.3, 0.4) is 0 Å². The molecule has 2 fully saturated rings. The first-order chi connectivity index (χ1) is 6.64. The van der Waals surface area contributed by atoms with E-state index in [1.807, 2.05) is 0 Å². The molecule has 2 rings (SSSR count). The van der Waals surface area contributed by atoms with Gasteiger partial charge in [0.2, 0.25) is 0 Å². The van der Waals surface area contributed by atoms with E-state index in [1.165, 1.54) is 49.8 Å². The molecular weight excluding hydrogens is 170 g/mol. The zero-order valence-electron chi connectivity index (χ0n) is 10.1. The molecule has 1 spiro atoms. The average molecular weight is 196 g/mol. The fraction of sp³-hybridized carbons (Fsp3) is 1.00. The third kappa shape index (κ3) is 1.71. The van der Waals surface area contributed by atoms with E-state index in [4.69, 9.17) is 0 Å². The number of quaternary nitrogens is 1. The molecular formula is C13H26N+. The molecule has 2 heterocycles. The molecule has 3 unspecified atom stereocenters. The second-order valence-electron chi connectivity index (χ2n) is 5.95. The molecule has 0 aromatic carbocycles. The van der Waals surface area contributed by atoms with E-state index in [2.05, 4.69) is 20.8 Å². The molecule has 1 nitrogen and oxygen atoms in total. The zero-order chi connectivity index (χ0) is 10.2. The van der Waals surface area contributed by atoms with Crippen molar-refractivity contribution in [3.63, 3.8) is 0 Å². The van der Waals surface area contributed by atoms with Crippen LogP contribution in [0.2, 0.25) is 0 Å². The molecule has 2 aliphatic heterocycles. The number of hydrogen-bond acceptors (Lipinski definition) is 0. The lowest BCUT2D eigenvalue weighted by Gasteiger charge is -2.52. The molecule has 82 valence electrons. The van der Waals surface area contributed by atoms with Gasteiger partial charge in [0.25, 0.3) is 0 Å². The Morgan fingerprint density at radius 2 is 1.50 bits per heavy atom. The van der Waals surface area contributed by atoms with Crippen LogP contribution in [-0.2, 0) is 0 Å². The van der Waals surface area contributed by atoms with Crippen LogP contribution < -0.4 is 0 Å². The first-order valence-electron chi connectivity index (χ1n) is 6.50. The maximum Gasteiger partial charge on any atom is 0.0864 e. The van der Waals surface area contributed by atoms with Gasteiger partial charge in [-0.2, -0.15) is 0 Å². The van der Waals surface area contributed by atoms with E-state index in [-0.39, 0.29) is 0 Å². The molecule has 0 aromatic rings.